The van der Waals surface area contributed by atoms with Crippen LogP contribution in [-0.2, 0) is 19.7 Å². The van der Waals surface area contributed by atoms with Crippen LogP contribution >= 0.6 is 0 Å². The normalized spacial score (nSPS) is 14.1. The lowest BCUT2D eigenvalue weighted by molar-refractivity contribution is -0.124. The van der Waals surface area contributed by atoms with E-state index in [-0.39, 0.29) is 22.4 Å². The number of rotatable bonds is 7. The molecule has 0 saturated heterocycles. The van der Waals surface area contributed by atoms with E-state index in [1.165, 1.54) is 24.8 Å². The zero-order valence-electron chi connectivity index (χ0n) is 15.1. The first-order valence-electron chi connectivity index (χ1n) is 8.72. The number of carbonyl (C=O) groups excluding carboxylic acids is 3. The Bertz CT molecular complexity index is 843. The Balaban J connectivity index is 1.53. The second kappa shape index (κ2) is 8.03. The molecule has 1 aliphatic rings. The molecule has 2 aromatic carbocycles. The second-order valence-corrected chi connectivity index (χ2v) is 6.54. The predicted octanol–water partition coefficient (Wildman–Crippen LogP) is 2.48. The molecule has 1 saturated carbocycles. The van der Waals surface area contributed by atoms with Crippen LogP contribution in [0, 0.1) is 0 Å². The van der Waals surface area contributed by atoms with Gasteiger partial charge in [0.15, 0.2) is 6.61 Å². The molecule has 0 atom stereocenters. The number of nitrogens with one attached hydrogen (secondary N) is 1. The highest BCUT2D eigenvalue weighted by atomic mass is 16.5. The van der Waals surface area contributed by atoms with Crippen molar-refractivity contribution in [2.45, 2.75) is 18.3 Å². The van der Waals surface area contributed by atoms with Gasteiger partial charge in [-0.2, -0.15) is 0 Å². The summed E-state index contributed by atoms with van der Waals surface area (Å²) in [4.78, 5) is 36.0. The zero-order chi connectivity index (χ0) is 19.3. The van der Waals surface area contributed by atoms with E-state index in [2.05, 4.69) is 22.2 Å². The Labute approximate surface area is 157 Å². The lowest BCUT2D eigenvalue weighted by Crippen LogP contribution is -2.35. The molecule has 0 aromatic heterocycles. The first-order valence-corrected chi connectivity index (χ1v) is 8.72. The minimum Gasteiger partial charge on any atom is -0.465 e. The Morgan fingerprint density at radius 1 is 0.926 bits per heavy atom. The molecule has 0 aliphatic heterocycles. The topological polar surface area (TPSA) is 81.7 Å². The van der Waals surface area contributed by atoms with E-state index in [0.717, 1.165) is 12.8 Å². The van der Waals surface area contributed by atoms with Gasteiger partial charge in [0.2, 0.25) is 0 Å². The van der Waals surface area contributed by atoms with Gasteiger partial charge in [-0.3, -0.25) is 4.79 Å². The zero-order valence-corrected chi connectivity index (χ0v) is 15.1. The Hall–Kier alpha value is -3.15. The van der Waals surface area contributed by atoms with Crippen molar-refractivity contribution in [1.29, 1.82) is 0 Å². The maximum Gasteiger partial charge on any atom is 0.339 e. The molecule has 0 unspecified atom stereocenters. The molecule has 1 N–H and O–H groups in total. The van der Waals surface area contributed by atoms with Gasteiger partial charge in [0.25, 0.3) is 5.91 Å². The summed E-state index contributed by atoms with van der Waals surface area (Å²) in [6, 6.07) is 16.2. The van der Waals surface area contributed by atoms with Crippen molar-refractivity contribution in [2.75, 3.05) is 20.3 Å². The number of carbonyl (C=O) groups is 3. The van der Waals surface area contributed by atoms with Crippen molar-refractivity contribution >= 4 is 17.8 Å². The fourth-order valence-electron chi connectivity index (χ4n) is 2.99. The number of methoxy groups -OCH3 is 1. The summed E-state index contributed by atoms with van der Waals surface area (Å²) in [7, 11) is 1.23. The van der Waals surface area contributed by atoms with Crippen molar-refractivity contribution in [3.8, 4) is 0 Å². The van der Waals surface area contributed by atoms with Crippen molar-refractivity contribution in [3.05, 3.63) is 71.3 Å². The third-order valence-electron chi connectivity index (χ3n) is 4.75. The summed E-state index contributed by atoms with van der Waals surface area (Å²) in [5.41, 5.74) is 1.36. The molecule has 140 valence electrons. The number of benzene rings is 2. The van der Waals surface area contributed by atoms with E-state index in [0.29, 0.717) is 6.54 Å². The third-order valence-corrected chi connectivity index (χ3v) is 4.75. The molecule has 3 rings (SSSR count). The smallest absolute Gasteiger partial charge is 0.339 e. The Morgan fingerprint density at radius 3 is 2.11 bits per heavy atom. The van der Waals surface area contributed by atoms with Gasteiger partial charge in [0.05, 0.1) is 18.2 Å². The van der Waals surface area contributed by atoms with Gasteiger partial charge in [-0.1, -0.05) is 42.5 Å². The van der Waals surface area contributed by atoms with E-state index < -0.39 is 18.5 Å². The largest absolute Gasteiger partial charge is 0.465 e. The minimum atomic E-state index is -0.740. The van der Waals surface area contributed by atoms with E-state index in [1.807, 2.05) is 18.2 Å². The van der Waals surface area contributed by atoms with E-state index in [9.17, 15) is 14.4 Å². The number of hydrogen-bond donors (Lipinski definition) is 1. The highest BCUT2D eigenvalue weighted by Crippen LogP contribution is 2.47. The molecule has 0 radical (unpaired) electrons. The van der Waals surface area contributed by atoms with Crippen LogP contribution in [0.3, 0.4) is 0 Å². The lowest BCUT2D eigenvalue weighted by atomic mass is 9.96. The average Bonchev–Trinajstić information content (AvgIpc) is 3.52. The van der Waals surface area contributed by atoms with Crippen LogP contribution in [0.25, 0.3) is 0 Å². The highest BCUT2D eigenvalue weighted by molar-refractivity contribution is 6.03. The van der Waals surface area contributed by atoms with E-state index in [1.54, 1.807) is 12.1 Å². The number of ether oxygens (including phenoxy) is 2. The van der Waals surface area contributed by atoms with Crippen molar-refractivity contribution in [1.82, 2.24) is 5.32 Å². The minimum absolute atomic E-state index is 0.0155. The van der Waals surface area contributed by atoms with Crippen LogP contribution < -0.4 is 5.32 Å². The maximum atomic E-state index is 12.2. The highest BCUT2D eigenvalue weighted by Gasteiger charge is 2.44. The molecular formula is C21H21NO5. The summed E-state index contributed by atoms with van der Waals surface area (Å²) in [6.45, 7) is 0.103. The molecule has 2 aromatic rings. The second-order valence-electron chi connectivity index (χ2n) is 6.54. The van der Waals surface area contributed by atoms with Crippen LogP contribution in [0.2, 0.25) is 0 Å². The lowest BCUT2D eigenvalue weighted by Gasteiger charge is -2.16. The van der Waals surface area contributed by atoms with Crippen molar-refractivity contribution < 1.29 is 23.9 Å². The van der Waals surface area contributed by atoms with Crippen LogP contribution in [0.4, 0.5) is 0 Å². The third kappa shape index (κ3) is 4.34. The monoisotopic (exact) mass is 367 g/mol. The first kappa shape index (κ1) is 18.6. The van der Waals surface area contributed by atoms with E-state index in [4.69, 9.17) is 4.74 Å². The van der Waals surface area contributed by atoms with Gasteiger partial charge in [-0.15, -0.1) is 0 Å². The average molecular weight is 367 g/mol. The maximum absolute atomic E-state index is 12.2. The van der Waals surface area contributed by atoms with Gasteiger partial charge in [-0.25, -0.2) is 9.59 Å². The molecule has 0 bridgehead atoms. The molecule has 6 nitrogen and oxygen atoms in total. The van der Waals surface area contributed by atoms with Crippen LogP contribution in [-0.4, -0.2) is 38.1 Å². The van der Waals surface area contributed by atoms with Crippen molar-refractivity contribution in [3.63, 3.8) is 0 Å². The fourth-order valence-corrected chi connectivity index (χ4v) is 2.99. The molecule has 1 amide bonds. The molecule has 6 heteroatoms. The SMILES string of the molecule is COC(=O)c1ccccc1C(=O)OCC(=O)NCC1(c2ccccc2)CC1. The number of esters is 2. The Kier molecular flexibility index (Phi) is 5.54. The summed E-state index contributed by atoms with van der Waals surface area (Å²) in [6.07, 6.45) is 2.03. The van der Waals surface area contributed by atoms with Gasteiger partial charge < -0.3 is 14.8 Å². The van der Waals surface area contributed by atoms with Gasteiger partial charge in [0, 0.05) is 12.0 Å². The molecular weight excluding hydrogens is 346 g/mol. The first-order chi connectivity index (χ1) is 13.1. The standard InChI is InChI=1S/C21H21NO5/c1-26-19(24)16-9-5-6-10-17(16)20(25)27-13-18(23)22-14-21(11-12-21)15-7-3-2-4-8-15/h2-10H,11-14H2,1H3,(H,22,23). The summed E-state index contributed by atoms with van der Waals surface area (Å²) < 4.78 is 9.71. The summed E-state index contributed by atoms with van der Waals surface area (Å²) in [5.74, 6) is -1.75. The van der Waals surface area contributed by atoms with Gasteiger partial charge in [0.1, 0.15) is 0 Å². The molecule has 27 heavy (non-hydrogen) atoms. The molecule has 0 spiro atoms. The summed E-state index contributed by atoms with van der Waals surface area (Å²) in [5, 5.41) is 2.83. The molecule has 1 fully saturated rings. The summed E-state index contributed by atoms with van der Waals surface area (Å²) >= 11 is 0. The molecule has 1 aliphatic carbocycles. The number of hydrogen-bond acceptors (Lipinski definition) is 5. The van der Waals surface area contributed by atoms with Crippen LogP contribution in [0.1, 0.15) is 39.1 Å². The van der Waals surface area contributed by atoms with E-state index >= 15 is 0 Å². The number of amides is 1. The van der Waals surface area contributed by atoms with Crippen LogP contribution in [0.5, 0.6) is 0 Å². The molecule has 0 heterocycles. The van der Waals surface area contributed by atoms with Crippen LogP contribution in [0.15, 0.2) is 54.6 Å². The predicted molar refractivity (Wildman–Crippen MR) is 98.4 cm³/mol. The van der Waals surface area contributed by atoms with Gasteiger partial charge >= 0.3 is 11.9 Å². The van der Waals surface area contributed by atoms with Crippen molar-refractivity contribution in [2.24, 2.45) is 0 Å². The fraction of sp³-hybridized carbons (Fsp3) is 0.286. The van der Waals surface area contributed by atoms with Gasteiger partial charge in [-0.05, 0) is 30.5 Å². The Morgan fingerprint density at radius 2 is 1.52 bits per heavy atom. The quantitative estimate of drug-likeness (QED) is 0.761.